The van der Waals surface area contributed by atoms with E-state index < -0.39 is 0 Å². The summed E-state index contributed by atoms with van der Waals surface area (Å²) in [5.41, 5.74) is 0. The van der Waals surface area contributed by atoms with E-state index in [1.165, 1.54) is 0 Å². The van der Waals surface area contributed by atoms with Gasteiger partial charge in [0.2, 0.25) is 0 Å². The van der Waals surface area contributed by atoms with Gasteiger partial charge < -0.3 is 5.01 Å². The Morgan fingerprint density at radius 2 is 2.71 bits per heavy atom. The van der Waals surface area contributed by atoms with Crippen molar-refractivity contribution in [3.05, 3.63) is 0 Å². The maximum atomic E-state index is 5.43. The third-order valence-electron chi connectivity index (χ3n) is 0.930. The first-order valence-corrected chi connectivity index (χ1v) is 2.30. The number of hydrogen-bond acceptors (Lipinski definition) is 2. The lowest BCUT2D eigenvalue weighted by Gasteiger charge is -2.04. The lowest BCUT2D eigenvalue weighted by Crippen LogP contribution is -2.08. The van der Waals surface area contributed by atoms with E-state index in [2.05, 4.69) is 5.10 Å². The van der Waals surface area contributed by atoms with Crippen LogP contribution in [0.25, 0.3) is 0 Å². The van der Waals surface area contributed by atoms with Gasteiger partial charge in [-0.05, 0) is 5.82 Å². The van der Waals surface area contributed by atoms with Crippen LogP contribution in [-0.4, -0.2) is 32.7 Å². The van der Waals surface area contributed by atoms with Crippen LogP contribution in [0.15, 0.2) is 5.10 Å². The molecule has 1 unspecified atom stereocenters. The summed E-state index contributed by atoms with van der Waals surface area (Å²) in [6.45, 7) is 0.861. The van der Waals surface area contributed by atoms with Crippen molar-refractivity contribution in [1.82, 2.24) is 5.01 Å². The summed E-state index contributed by atoms with van der Waals surface area (Å²) in [7, 11) is 7.34. The molecule has 0 saturated carbocycles. The molecular weight excluding hydrogens is 86.9 g/mol. The highest BCUT2D eigenvalue weighted by atomic mass is 15.4. The highest BCUT2D eigenvalue weighted by Gasteiger charge is 2.06. The van der Waals surface area contributed by atoms with Crippen molar-refractivity contribution in [3.63, 3.8) is 0 Å². The Bertz CT molecular complexity index is 81.7. The first-order valence-electron chi connectivity index (χ1n) is 2.30. The fourth-order valence-electron chi connectivity index (χ4n) is 0.599. The molecule has 1 aliphatic rings. The summed E-state index contributed by atoms with van der Waals surface area (Å²) in [5.74, 6) is 0.157. The van der Waals surface area contributed by atoms with Crippen molar-refractivity contribution in [1.29, 1.82) is 0 Å². The topological polar surface area (TPSA) is 15.6 Å². The number of rotatable bonds is 0. The van der Waals surface area contributed by atoms with E-state index in [1.54, 1.807) is 6.21 Å². The van der Waals surface area contributed by atoms with Crippen LogP contribution in [0.2, 0.25) is 5.82 Å². The molecule has 0 aliphatic carbocycles. The van der Waals surface area contributed by atoms with Gasteiger partial charge in [0.05, 0.1) is 7.85 Å². The lowest BCUT2D eigenvalue weighted by molar-refractivity contribution is 0.393. The van der Waals surface area contributed by atoms with E-state index in [9.17, 15) is 0 Å². The minimum atomic E-state index is 0.157. The Morgan fingerprint density at radius 1 is 2.00 bits per heavy atom. The summed E-state index contributed by atoms with van der Waals surface area (Å²) in [6.07, 6.45) is 1.75. The Kier molecular flexibility index (Phi) is 1.05. The van der Waals surface area contributed by atoms with Gasteiger partial charge in [-0.2, -0.15) is 5.10 Å². The van der Waals surface area contributed by atoms with E-state index in [0.29, 0.717) is 0 Å². The quantitative estimate of drug-likeness (QED) is 0.382. The van der Waals surface area contributed by atoms with Crippen molar-refractivity contribution in [2.45, 2.75) is 5.82 Å². The van der Waals surface area contributed by atoms with Crippen LogP contribution in [-0.2, 0) is 0 Å². The average molecular weight is 93.9 g/mol. The molecule has 0 aromatic rings. The van der Waals surface area contributed by atoms with Gasteiger partial charge in [-0.25, -0.2) is 0 Å². The maximum absolute atomic E-state index is 5.43. The summed E-state index contributed by atoms with van der Waals surface area (Å²) in [5, 5.41) is 5.72. The normalized spacial score (nSPS) is 29.3. The molecule has 0 aromatic heterocycles. The van der Waals surface area contributed by atoms with E-state index >= 15 is 0 Å². The van der Waals surface area contributed by atoms with E-state index in [1.807, 2.05) is 12.1 Å². The monoisotopic (exact) mass is 94.1 g/mol. The second-order valence-electron chi connectivity index (χ2n) is 1.77. The summed E-state index contributed by atoms with van der Waals surface area (Å²) in [4.78, 5) is 0. The first-order chi connectivity index (χ1) is 3.29. The Morgan fingerprint density at radius 3 is 2.86 bits per heavy atom. The molecule has 2 nitrogen and oxygen atoms in total. The predicted octanol–water partition coefficient (Wildman–Crippen LogP) is -0.125. The van der Waals surface area contributed by atoms with Crippen LogP contribution in [0.5, 0.6) is 0 Å². The van der Waals surface area contributed by atoms with Gasteiger partial charge >= 0.3 is 0 Å². The Hall–Kier alpha value is -0.465. The zero-order valence-electron chi connectivity index (χ0n) is 4.33. The van der Waals surface area contributed by atoms with E-state index in [4.69, 9.17) is 7.85 Å². The minimum Gasteiger partial charge on any atom is -0.301 e. The molecule has 0 N–H and O–H groups in total. The Labute approximate surface area is 44.6 Å². The molecule has 0 fully saturated rings. The van der Waals surface area contributed by atoms with Crippen molar-refractivity contribution in [2.24, 2.45) is 5.10 Å². The molecule has 0 amide bonds. The molecule has 0 aromatic carbocycles. The van der Waals surface area contributed by atoms with Crippen molar-refractivity contribution in [2.75, 3.05) is 13.6 Å². The molecule has 1 atom stereocenters. The average Bonchev–Trinajstić information content (AvgIpc) is 1.87. The second kappa shape index (κ2) is 1.56. The van der Waals surface area contributed by atoms with Crippen LogP contribution in [0.4, 0.5) is 0 Å². The molecule has 1 aliphatic heterocycles. The minimum absolute atomic E-state index is 0.157. The van der Waals surface area contributed by atoms with Crippen LogP contribution in [0.1, 0.15) is 0 Å². The molecule has 0 spiro atoms. The largest absolute Gasteiger partial charge is 0.301 e. The van der Waals surface area contributed by atoms with Gasteiger partial charge in [-0.1, -0.05) is 0 Å². The zero-order valence-corrected chi connectivity index (χ0v) is 4.33. The predicted molar refractivity (Wildman–Crippen MR) is 30.6 cm³/mol. The van der Waals surface area contributed by atoms with Gasteiger partial charge in [0.15, 0.2) is 0 Å². The van der Waals surface area contributed by atoms with Crippen LogP contribution in [0.3, 0.4) is 0 Å². The van der Waals surface area contributed by atoms with Crippen LogP contribution in [0, 0.1) is 0 Å². The molecule has 36 valence electrons. The lowest BCUT2D eigenvalue weighted by atomic mass is 9.90. The third-order valence-corrected chi connectivity index (χ3v) is 0.930. The van der Waals surface area contributed by atoms with Crippen molar-refractivity contribution in [3.8, 4) is 0 Å². The zero-order chi connectivity index (χ0) is 5.28. The highest BCUT2D eigenvalue weighted by Crippen LogP contribution is 2.04. The SMILES string of the molecule is [B]C1C=NN(C)C1. The second-order valence-corrected chi connectivity index (χ2v) is 1.77. The number of nitrogens with zero attached hydrogens (tertiary/aromatic N) is 2. The number of hydrogen-bond donors (Lipinski definition) is 0. The van der Waals surface area contributed by atoms with Gasteiger partial charge in [0, 0.05) is 19.8 Å². The van der Waals surface area contributed by atoms with Gasteiger partial charge in [-0.3, -0.25) is 0 Å². The molecule has 7 heavy (non-hydrogen) atoms. The fourth-order valence-corrected chi connectivity index (χ4v) is 0.599. The van der Waals surface area contributed by atoms with E-state index in [0.717, 1.165) is 6.54 Å². The van der Waals surface area contributed by atoms with Gasteiger partial charge in [-0.15, -0.1) is 0 Å². The highest BCUT2D eigenvalue weighted by molar-refractivity contribution is 6.21. The summed E-state index contributed by atoms with van der Waals surface area (Å²) in [6, 6.07) is 0. The standard InChI is InChI=1S/C4H7BN2/c1-7-3-4(5)2-6-7/h2,4H,3H2,1H3. The van der Waals surface area contributed by atoms with Gasteiger partial charge in [0.25, 0.3) is 0 Å². The van der Waals surface area contributed by atoms with Crippen LogP contribution >= 0.6 is 0 Å². The van der Waals surface area contributed by atoms with Gasteiger partial charge in [0.1, 0.15) is 0 Å². The molecule has 2 radical (unpaired) electrons. The molecule has 0 saturated heterocycles. The first kappa shape index (κ1) is 4.69. The molecule has 3 heteroatoms. The van der Waals surface area contributed by atoms with E-state index in [-0.39, 0.29) is 5.82 Å². The smallest absolute Gasteiger partial charge is 0.0802 e. The molecular formula is C4H7BN2. The molecule has 0 bridgehead atoms. The maximum Gasteiger partial charge on any atom is 0.0802 e. The fraction of sp³-hybridized carbons (Fsp3) is 0.750. The molecule has 1 heterocycles. The third kappa shape index (κ3) is 0.949. The Balaban J connectivity index is 2.42. The van der Waals surface area contributed by atoms with Crippen LogP contribution < -0.4 is 0 Å². The summed E-state index contributed by atoms with van der Waals surface area (Å²) >= 11 is 0. The van der Waals surface area contributed by atoms with Crippen molar-refractivity contribution >= 4 is 14.1 Å². The van der Waals surface area contributed by atoms with Crippen molar-refractivity contribution < 1.29 is 0 Å². The summed E-state index contributed by atoms with van der Waals surface area (Å²) < 4.78 is 0. The number of hydrazone groups is 1. The molecule has 1 rings (SSSR count).